The molecule has 1 saturated heterocycles. The largest absolute Gasteiger partial charge is 0.325 e. The maximum atomic E-state index is 12.1. The van der Waals surface area contributed by atoms with E-state index in [1.165, 1.54) is 0 Å². The predicted octanol–water partition coefficient (Wildman–Crippen LogP) is 4.61. The number of carbonyl (C=O) groups is 2. The highest BCUT2D eigenvalue weighted by Crippen LogP contribution is 2.18. The predicted molar refractivity (Wildman–Crippen MR) is 100 cm³/mol. The first kappa shape index (κ1) is 17.1. The van der Waals surface area contributed by atoms with Crippen LogP contribution in [0.3, 0.4) is 0 Å². The maximum Gasteiger partial charge on any atom is 0.323 e. The van der Waals surface area contributed by atoms with E-state index in [2.05, 4.69) is 16.0 Å². The Morgan fingerprint density at radius 2 is 1.40 bits per heavy atom. The number of amides is 4. The molecule has 0 saturated carbocycles. The zero-order valence-corrected chi connectivity index (χ0v) is 14.3. The van der Waals surface area contributed by atoms with Crippen LogP contribution in [0, 0.1) is 0 Å². The summed E-state index contributed by atoms with van der Waals surface area (Å²) in [7, 11) is 0. The van der Waals surface area contributed by atoms with Crippen LogP contribution in [-0.2, 0) is 0 Å². The Labute approximate surface area is 151 Å². The number of rotatable bonds is 3. The summed E-state index contributed by atoms with van der Waals surface area (Å²) >= 11 is 5.90. The molecule has 0 bridgehead atoms. The van der Waals surface area contributed by atoms with Crippen LogP contribution in [0.25, 0.3) is 0 Å². The molecule has 1 aliphatic rings. The van der Waals surface area contributed by atoms with Gasteiger partial charge in [-0.1, -0.05) is 23.7 Å². The van der Waals surface area contributed by atoms with Crippen molar-refractivity contribution in [3.8, 4) is 0 Å². The molecule has 1 aliphatic heterocycles. The average molecular weight is 359 g/mol. The fraction of sp³-hybridized carbons (Fsp3) is 0.222. The topological polar surface area (TPSA) is 73.5 Å². The standard InChI is InChI=1S/C18H19ClN4O2/c19-13-5-3-6-14(11-13)20-17(24)21-15-7-4-8-16(12-15)22-18(25)23-9-1-2-10-23/h3-8,11-12H,1-2,9-10H2,(H,22,25)(H2,20,21,24). The minimum absolute atomic E-state index is 0.113. The molecule has 2 aromatic carbocycles. The van der Waals surface area contributed by atoms with Gasteiger partial charge in [0, 0.05) is 35.2 Å². The van der Waals surface area contributed by atoms with Crippen LogP contribution in [-0.4, -0.2) is 30.1 Å². The van der Waals surface area contributed by atoms with Crippen molar-refractivity contribution in [1.29, 1.82) is 0 Å². The molecule has 0 aliphatic carbocycles. The number of halogens is 1. The summed E-state index contributed by atoms with van der Waals surface area (Å²) in [6, 6.07) is 13.4. The first-order chi connectivity index (χ1) is 12.1. The van der Waals surface area contributed by atoms with E-state index in [1.54, 1.807) is 53.4 Å². The summed E-state index contributed by atoms with van der Waals surface area (Å²) in [6.45, 7) is 1.57. The van der Waals surface area contributed by atoms with Crippen molar-refractivity contribution in [2.45, 2.75) is 12.8 Å². The van der Waals surface area contributed by atoms with Crippen molar-refractivity contribution in [2.24, 2.45) is 0 Å². The van der Waals surface area contributed by atoms with Crippen LogP contribution >= 0.6 is 11.6 Å². The smallest absolute Gasteiger partial charge is 0.323 e. The third-order valence-corrected chi connectivity index (χ3v) is 4.08. The molecule has 2 aromatic rings. The van der Waals surface area contributed by atoms with Crippen molar-refractivity contribution < 1.29 is 9.59 Å². The Kier molecular flexibility index (Phi) is 5.40. The second-order valence-corrected chi connectivity index (χ2v) is 6.23. The summed E-state index contributed by atoms with van der Waals surface area (Å²) in [6.07, 6.45) is 2.08. The van der Waals surface area contributed by atoms with Gasteiger partial charge in [-0.2, -0.15) is 0 Å². The van der Waals surface area contributed by atoms with Crippen molar-refractivity contribution >= 4 is 40.7 Å². The van der Waals surface area contributed by atoms with Crippen molar-refractivity contribution in [3.05, 3.63) is 53.6 Å². The number of anilines is 3. The van der Waals surface area contributed by atoms with Crippen LogP contribution in [0.1, 0.15) is 12.8 Å². The minimum Gasteiger partial charge on any atom is -0.325 e. The van der Waals surface area contributed by atoms with Gasteiger partial charge in [0.25, 0.3) is 0 Å². The highest BCUT2D eigenvalue weighted by Gasteiger charge is 2.17. The Morgan fingerprint density at radius 1 is 0.840 bits per heavy atom. The summed E-state index contributed by atoms with van der Waals surface area (Å²) in [4.78, 5) is 26.0. The Morgan fingerprint density at radius 3 is 2.04 bits per heavy atom. The summed E-state index contributed by atoms with van der Waals surface area (Å²) in [5, 5.41) is 8.84. The number of carbonyl (C=O) groups excluding carboxylic acids is 2. The number of urea groups is 2. The van der Waals surface area contributed by atoms with E-state index in [0.717, 1.165) is 25.9 Å². The van der Waals surface area contributed by atoms with Gasteiger partial charge in [-0.25, -0.2) is 9.59 Å². The van der Waals surface area contributed by atoms with Gasteiger partial charge >= 0.3 is 12.1 Å². The minimum atomic E-state index is -0.384. The zero-order chi connectivity index (χ0) is 17.6. The lowest BCUT2D eigenvalue weighted by atomic mass is 10.3. The molecule has 6 nitrogen and oxygen atoms in total. The number of hydrogen-bond acceptors (Lipinski definition) is 2. The van der Waals surface area contributed by atoms with Gasteiger partial charge in [0.1, 0.15) is 0 Å². The molecule has 0 atom stereocenters. The van der Waals surface area contributed by atoms with Crippen molar-refractivity contribution in [3.63, 3.8) is 0 Å². The van der Waals surface area contributed by atoms with Gasteiger partial charge < -0.3 is 20.9 Å². The highest BCUT2D eigenvalue weighted by atomic mass is 35.5. The number of likely N-dealkylation sites (tertiary alicyclic amines) is 1. The number of hydrogen-bond donors (Lipinski definition) is 3. The molecule has 1 heterocycles. The van der Waals surface area contributed by atoms with Gasteiger partial charge in [0.15, 0.2) is 0 Å². The molecule has 25 heavy (non-hydrogen) atoms. The Bertz CT molecular complexity index is 775. The van der Waals surface area contributed by atoms with Crippen molar-refractivity contribution in [2.75, 3.05) is 29.0 Å². The molecule has 3 rings (SSSR count). The molecule has 3 N–H and O–H groups in total. The molecule has 4 amide bonds. The summed E-state index contributed by atoms with van der Waals surface area (Å²) < 4.78 is 0. The fourth-order valence-corrected chi connectivity index (χ4v) is 2.85. The lowest BCUT2D eigenvalue weighted by molar-refractivity contribution is 0.222. The van der Waals surface area contributed by atoms with Gasteiger partial charge in [-0.3, -0.25) is 0 Å². The highest BCUT2D eigenvalue weighted by molar-refractivity contribution is 6.30. The third-order valence-electron chi connectivity index (χ3n) is 3.85. The maximum absolute atomic E-state index is 12.1. The number of benzene rings is 2. The molecule has 0 aromatic heterocycles. The van der Waals surface area contributed by atoms with Crippen LogP contribution in [0.5, 0.6) is 0 Å². The zero-order valence-electron chi connectivity index (χ0n) is 13.6. The Hall–Kier alpha value is -2.73. The molecule has 130 valence electrons. The van der Waals surface area contributed by atoms with E-state index in [4.69, 9.17) is 11.6 Å². The number of nitrogens with zero attached hydrogens (tertiary/aromatic N) is 1. The lowest BCUT2D eigenvalue weighted by Crippen LogP contribution is -2.32. The first-order valence-corrected chi connectivity index (χ1v) is 8.47. The molecule has 7 heteroatoms. The van der Waals surface area contributed by atoms with Gasteiger partial charge in [0.05, 0.1) is 0 Å². The molecular formula is C18H19ClN4O2. The Balaban J connectivity index is 1.59. The van der Waals surface area contributed by atoms with E-state index in [9.17, 15) is 9.59 Å². The van der Waals surface area contributed by atoms with E-state index < -0.39 is 0 Å². The van der Waals surface area contributed by atoms with E-state index in [0.29, 0.717) is 22.1 Å². The van der Waals surface area contributed by atoms with Crippen LogP contribution < -0.4 is 16.0 Å². The number of nitrogens with one attached hydrogen (secondary N) is 3. The summed E-state index contributed by atoms with van der Waals surface area (Å²) in [5.41, 5.74) is 1.82. The van der Waals surface area contributed by atoms with E-state index in [1.807, 2.05) is 0 Å². The van der Waals surface area contributed by atoms with Crippen LogP contribution in [0.2, 0.25) is 5.02 Å². The summed E-state index contributed by atoms with van der Waals surface area (Å²) in [5.74, 6) is 0. The van der Waals surface area contributed by atoms with Gasteiger partial charge in [-0.15, -0.1) is 0 Å². The van der Waals surface area contributed by atoms with Crippen LogP contribution in [0.15, 0.2) is 48.5 Å². The van der Waals surface area contributed by atoms with Crippen LogP contribution in [0.4, 0.5) is 26.7 Å². The second-order valence-electron chi connectivity index (χ2n) is 5.79. The average Bonchev–Trinajstić information content (AvgIpc) is 3.09. The quantitative estimate of drug-likeness (QED) is 0.749. The third kappa shape index (κ3) is 4.87. The van der Waals surface area contributed by atoms with Crippen molar-refractivity contribution in [1.82, 2.24) is 4.90 Å². The van der Waals surface area contributed by atoms with E-state index in [-0.39, 0.29) is 12.1 Å². The molecule has 0 spiro atoms. The molecule has 1 fully saturated rings. The normalized spacial score (nSPS) is 13.4. The second kappa shape index (κ2) is 7.90. The molecule has 0 radical (unpaired) electrons. The lowest BCUT2D eigenvalue weighted by Gasteiger charge is -2.16. The first-order valence-electron chi connectivity index (χ1n) is 8.10. The molecular weight excluding hydrogens is 340 g/mol. The van der Waals surface area contributed by atoms with E-state index >= 15 is 0 Å². The fourth-order valence-electron chi connectivity index (χ4n) is 2.66. The monoisotopic (exact) mass is 358 g/mol. The SMILES string of the molecule is O=C(Nc1cccc(Cl)c1)Nc1cccc(NC(=O)N2CCCC2)c1. The molecule has 0 unspecified atom stereocenters. The van der Waals surface area contributed by atoms with Gasteiger partial charge in [0.2, 0.25) is 0 Å². The van der Waals surface area contributed by atoms with Gasteiger partial charge in [-0.05, 0) is 49.2 Å².